The van der Waals surface area contributed by atoms with Gasteiger partial charge in [0.1, 0.15) is 0 Å². The van der Waals surface area contributed by atoms with Crippen molar-refractivity contribution >= 4 is 0 Å². The summed E-state index contributed by atoms with van der Waals surface area (Å²) in [6, 6.07) is 0.723. The summed E-state index contributed by atoms with van der Waals surface area (Å²) < 4.78 is 0. The SMILES string of the molecule is CCCNCC(CC)N1CC=C(C)CC1. The second kappa shape index (κ2) is 7.02. The predicted molar refractivity (Wildman–Crippen MR) is 67.2 cm³/mol. The summed E-state index contributed by atoms with van der Waals surface area (Å²) in [5.41, 5.74) is 1.56. The Morgan fingerprint density at radius 2 is 2.27 bits per heavy atom. The van der Waals surface area contributed by atoms with Gasteiger partial charge >= 0.3 is 0 Å². The van der Waals surface area contributed by atoms with Crippen LogP contribution >= 0.6 is 0 Å². The molecule has 2 nitrogen and oxygen atoms in total. The Balaban J connectivity index is 2.31. The molecular weight excluding hydrogens is 184 g/mol. The molecule has 0 aliphatic carbocycles. The first-order valence-electron chi connectivity index (χ1n) is 6.38. The summed E-state index contributed by atoms with van der Waals surface area (Å²) in [5, 5.41) is 3.53. The van der Waals surface area contributed by atoms with Crippen molar-refractivity contribution < 1.29 is 0 Å². The summed E-state index contributed by atoms with van der Waals surface area (Å²) in [5.74, 6) is 0. The molecule has 0 fully saturated rings. The van der Waals surface area contributed by atoms with Gasteiger partial charge in [-0.05, 0) is 32.7 Å². The topological polar surface area (TPSA) is 15.3 Å². The Labute approximate surface area is 94.7 Å². The second-order valence-corrected chi connectivity index (χ2v) is 4.56. The van der Waals surface area contributed by atoms with E-state index in [1.807, 2.05) is 0 Å². The molecule has 0 radical (unpaired) electrons. The molecule has 1 aliphatic rings. The molecule has 0 spiro atoms. The van der Waals surface area contributed by atoms with E-state index in [2.05, 4.69) is 37.1 Å². The molecule has 1 aliphatic heterocycles. The van der Waals surface area contributed by atoms with Crippen LogP contribution in [0.5, 0.6) is 0 Å². The lowest BCUT2D eigenvalue weighted by Crippen LogP contribution is -2.44. The van der Waals surface area contributed by atoms with Gasteiger partial charge in [0.05, 0.1) is 0 Å². The minimum Gasteiger partial charge on any atom is -0.315 e. The number of nitrogens with zero attached hydrogens (tertiary/aromatic N) is 1. The van der Waals surface area contributed by atoms with E-state index in [0.29, 0.717) is 0 Å². The molecule has 0 aromatic heterocycles. The van der Waals surface area contributed by atoms with E-state index < -0.39 is 0 Å². The average Bonchev–Trinajstić information content (AvgIpc) is 2.26. The summed E-state index contributed by atoms with van der Waals surface area (Å²) in [6.45, 7) is 11.5. The van der Waals surface area contributed by atoms with Crippen molar-refractivity contribution in [3.05, 3.63) is 11.6 Å². The van der Waals surface area contributed by atoms with Gasteiger partial charge in [-0.1, -0.05) is 25.5 Å². The zero-order valence-electron chi connectivity index (χ0n) is 10.6. The lowest BCUT2D eigenvalue weighted by atomic mass is 10.1. The predicted octanol–water partition coefficient (Wildman–Crippen LogP) is 2.42. The quantitative estimate of drug-likeness (QED) is 0.535. The molecular formula is C13H26N2. The van der Waals surface area contributed by atoms with Crippen molar-refractivity contribution in [3.8, 4) is 0 Å². The third-order valence-electron chi connectivity index (χ3n) is 3.26. The van der Waals surface area contributed by atoms with E-state index in [-0.39, 0.29) is 0 Å². The molecule has 15 heavy (non-hydrogen) atoms. The highest BCUT2D eigenvalue weighted by molar-refractivity contribution is 5.04. The number of hydrogen-bond acceptors (Lipinski definition) is 2. The molecule has 0 saturated carbocycles. The highest BCUT2D eigenvalue weighted by atomic mass is 15.2. The van der Waals surface area contributed by atoms with Crippen molar-refractivity contribution in [3.63, 3.8) is 0 Å². The first kappa shape index (κ1) is 12.7. The van der Waals surface area contributed by atoms with Crippen molar-refractivity contribution in [1.82, 2.24) is 10.2 Å². The van der Waals surface area contributed by atoms with Gasteiger partial charge in [0.25, 0.3) is 0 Å². The molecule has 1 heterocycles. The smallest absolute Gasteiger partial charge is 0.0221 e. The number of rotatable bonds is 6. The monoisotopic (exact) mass is 210 g/mol. The summed E-state index contributed by atoms with van der Waals surface area (Å²) in [6.07, 6.45) is 6.12. The van der Waals surface area contributed by atoms with Crippen LogP contribution in [0.25, 0.3) is 0 Å². The molecule has 1 N–H and O–H groups in total. The normalized spacial score (nSPS) is 20.1. The Bertz CT molecular complexity index is 199. The molecule has 1 rings (SSSR count). The minimum atomic E-state index is 0.723. The molecule has 0 aromatic rings. The van der Waals surface area contributed by atoms with Crippen LogP contribution in [0.1, 0.15) is 40.0 Å². The van der Waals surface area contributed by atoms with Crippen LogP contribution < -0.4 is 5.32 Å². The zero-order valence-corrected chi connectivity index (χ0v) is 10.6. The maximum atomic E-state index is 3.53. The van der Waals surface area contributed by atoms with Crippen molar-refractivity contribution in [2.45, 2.75) is 46.1 Å². The second-order valence-electron chi connectivity index (χ2n) is 4.56. The Morgan fingerprint density at radius 3 is 2.80 bits per heavy atom. The number of nitrogens with one attached hydrogen (secondary N) is 1. The molecule has 0 aromatic carbocycles. The fourth-order valence-corrected chi connectivity index (χ4v) is 2.10. The van der Waals surface area contributed by atoms with E-state index in [1.165, 1.54) is 25.8 Å². The average molecular weight is 210 g/mol. The highest BCUT2D eigenvalue weighted by Crippen LogP contribution is 2.13. The molecule has 88 valence electrons. The Morgan fingerprint density at radius 1 is 1.47 bits per heavy atom. The van der Waals surface area contributed by atoms with E-state index >= 15 is 0 Å². The van der Waals surface area contributed by atoms with Crippen LogP contribution in [-0.2, 0) is 0 Å². The molecule has 0 amide bonds. The third kappa shape index (κ3) is 4.35. The summed E-state index contributed by atoms with van der Waals surface area (Å²) in [4.78, 5) is 2.61. The van der Waals surface area contributed by atoms with E-state index in [9.17, 15) is 0 Å². The first-order valence-corrected chi connectivity index (χ1v) is 6.38. The maximum absolute atomic E-state index is 3.53. The lowest BCUT2D eigenvalue weighted by Gasteiger charge is -2.33. The first-order chi connectivity index (χ1) is 7.27. The van der Waals surface area contributed by atoms with Crippen LogP contribution in [0.3, 0.4) is 0 Å². The van der Waals surface area contributed by atoms with Crippen molar-refractivity contribution in [1.29, 1.82) is 0 Å². The van der Waals surface area contributed by atoms with E-state index in [4.69, 9.17) is 0 Å². The van der Waals surface area contributed by atoms with Crippen LogP contribution in [0.15, 0.2) is 11.6 Å². The molecule has 1 unspecified atom stereocenters. The lowest BCUT2D eigenvalue weighted by molar-refractivity contribution is 0.200. The van der Waals surface area contributed by atoms with Gasteiger partial charge in [-0.3, -0.25) is 4.90 Å². The van der Waals surface area contributed by atoms with Gasteiger partial charge in [-0.25, -0.2) is 0 Å². The van der Waals surface area contributed by atoms with E-state index in [1.54, 1.807) is 5.57 Å². The standard InChI is InChI=1S/C13H26N2/c1-4-8-14-11-13(5-2)15-9-6-12(3)7-10-15/h6,13-14H,4-5,7-11H2,1-3H3. The van der Waals surface area contributed by atoms with Crippen LogP contribution in [0.4, 0.5) is 0 Å². The van der Waals surface area contributed by atoms with Crippen LogP contribution in [0.2, 0.25) is 0 Å². The third-order valence-corrected chi connectivity index (χ3v) is 3.26. The van der Waals surface area contributed by atoms with E-state index in [0.717, 1.165) is 25.7 Å². The van der Waals surface area contributed by atoms with Gasteiger partial charge < -0.3 is 5.32 Å². The Kier molecular flexibility index (Phi) is 5.96. The fourth-order valence-electron chi connectivity index (χ4n) is 2.10. The fraction of sp³-hybridized carbons (Fsp3) is 0.846. The minimum absolute atomic E-state index is 0.723. The van der Waals surface area contributed by atoms with Crippen molar-refractivity contribution in [2.75, 3.05) is 26.2 Å². The van der Waals surface area contributed by atoms with Gasteiger partial charge in [0, 0.05) is 25.7 Å². The molecule has 2 heteroatoms. The zero-order chi connectivity index (χ0) is 11.1. The van der Waals surface area contributed by atoms with Crippen molar-refractivity contribution in [2.24, 2.45) is 0 Å². The molecule has 0 saturated heterocycles. The summed E-state index contributed by atoms with van der Waals surface area (Å²) in [7, 11) is 0. The molecule has 1 atom stereocenters. The van der Waals surface area contributed by atoms with Gasteiger partial charge in [0.15, 0.2) is 0 Å². The number of hydrogen-bond donors (Lipinski definition) is 1. The Hall–Kier alpha value is -0.340. The maximum Gasteiger partial charge on any atom is 0.0221 e. The molecule has 0 bridgehead atoms. The largest absolute Gasteiger partial charge is 0.315 e. The van der Waals surface area contributed by atoms with Gasteiger partial charge in [-0.15, -0.1) is 0 Å². The van der Waals surface area contributed by atoms with Crippen LogP contribution in [0, 0.1) is 0 Å². The highest BCUT2D eigenvalue weighted by Gasteiger charge is 2.17. The van der Waals surface area contributed by atoms with Crippen LogP contribution in [-0.4, -0.2) is 37.1 Å². The summed E-state index contributed by atoms with van der Waals surface area (Å²) >= 11 is 0. The van der Waals surface area contributed by atoms with Gasteiger partial charge in [0.2, 0.25) is 0 Å². The van der Waals surface area contributed by atoms with Gasteiger partial charge in [-0.2, -0.15) is 0 Å².